The van der Waals surface area contributed by atoms with E-state index in [1.807, 2.05) is 0 Å². The van der Waals surface area contributed by atoms with Crippen molar-refractivity contribution in [3.05, 3.63) is 101 Å². The Morgan fingerprint density at radius 3 is 2.06 bits per heavy atom. The quantitative estimate of drug-likeness (QED) is 0.241. The smallest absolute Gasteiger partial charge is 0.349 e. The third-order valence-electron chi connectivity index (χ3n) is 9.41. The molecule has 0 saturated carbocycles. The van der Waals surface area contributed by atoms with E-state index in [1.165, 1.54) is 48.2 Å². The first-order valence-corrected chi connectivity index (χ1v) is 16.8. The van der Waals surface area contributed by atoms with E-state index in [0.717, 1.165) is 24.3 Å². The molecule has 0 aromatic heterocycles. The Morgan fingerprint density at radius 1 is 0.900 bits per heavy atom. The number of rotatable bonds is 8. The Morgan fingerprint density at radius 2 is 1.50 bits per heavy atom. The molecule has 15 heteroatoms. The number of likely N-dealkylation sites (tertiary alicyclic amines) is 2. The van der Waals surface area contributed by atoms with Crippen molar-refractivity contribution in [2.75, 3.05) is 26.2 Å². The zero-order valence-electron chi connectivity index (χ0n) is 26.7. The monoisotopic (exact) mass is 723 g/mol. The number of alkyl halides is 6. The highest BCUT2D eigenvalue weighted by Gasteiger charge is 2.73. The molecule has 2 amide bonds. The summed E-state index contributed by atoms with van der Waals surface area (Å²) in [5.74, 6) is -1.43. The summed E-state index contributed by atoms with van der Waals surface area (Å²) >= 11 is 0. The fourth-order valence-electron chi connectivity index (χ4n) is 6.63. The number of piperidine rings is 1. The van der Waals surface area contributed by atoms with Gasteiger partial charge < -0.3 is 14.5 Å². The molecule has 2 aliphatic heterocycles. The van der Waals surface area contributed by atoms with E-state index < -0.39 is 57.4 Å². The topological polar surface area (TPSA) is 90.7 Å². The Labute approximate surface area is 286 Å². The Hall–Kier alpha value is -4.29. The lowest BCUT2D eigenvalue weighted by molar-refractivity contribution is -0.392. The summed E-state index contributed by atoms with van der Waals surface area (Å²) in [7, 11) is -2.04. The van der Waals surface area contributed by atoms with E-state index in [9.17, 15) is 49.8 Å². The van der Waals surface area contributed by atoms with Crippen molar-refractivity contribution in [2.45, 2.75) is 60.4 Å². The number of carbonyl (C=O) groups is 2. The van der Waals surface area contributed by atoms with Gasteiger partial charge in [0.25, 0.3) is 5.60 Å². The summed E-state index contributed by atoms with van der Waals surface area (Å²) in [6.07, 6.45) is -11.2. The van der Waals surface area contributed by atoms with Gasteiger partial charge in [0.05, 0.1) is 33.8 Å². The number of nitriles is 1. The third kappa shape index (κ3) is 6.87. The maximum Gasteiger partial charge on any atom is 0.430 e. The second-order valence-electron chi connectivity index (χ2n) is 12.3. The molecule has 2 heterocycles. The van der Waals surface area contributed by atoms with Crippen LogP contribution >= 0.6 is 0 Å². The molecule has 2 aliphatic rings. The van der Waals surface area contributed by atoms with Gasteiger partial charge >= 0.3 is 12.4 Å². The van der Waals surface area contributed by atoms with E-state index in [1.54, 1.807) is 11.0 Å². The zero-order chi connectivity index (χ0) is 36.5. The maximum absolute atomic E-state index is 14.6. The van der Waals surface area contributed by atoms with Gasteiger partial charge in [0.2, 0.25) is 11.8 Å². The van der Waals surface area contributed by atoms with Crippen LogP contribution in [-0.2, 0) is 42.1 Å². The molecule has 1 unspecified atom stereocenters. The van der Waals surface area contributed by atoms with Gasteiger partial charge in [-0.05, 0) is 60.7 Å². The number of hydrogen-bond acceptors (Lipinski definition) is 5. The second-order valence-corrected chi connectivity index (χ2v) is 14.1. The van der Waals surface area contributed by atoms with Crippen molar-refractivity contribution < 1.29 is 49.3 Å². The van der Waals surface area contributed by atoms with Crippen molar-refractivity contribution >= 4 is 22.6 Å². The first-order chi connectivity index (χ1) is 23.5. The molecule has 50 heavy (non-hydrogen) atoms. The maximum atomic E-state index is 14.6. The Kier molecular flexibility index (Phi) is 10.5. The van der Waals surface area contributed by atoms with Crippen LogP contribution in [0.1, 0.15) is 48.4 Å². The van der Waals surface area contributed by atoms with Gasteiger partial charge in [-0.25, -0.2) is 4.39 Å². The molecule has 2 saturated heterocycles. The van der Waals surface area contributed by atoms with E-state index >= 15 is 0 Å². The van der Waals surface area contributed by atoms with Gasteiger partial charge in [-0.2, -0.15) is 31.6 Å². The number of ether oxygens (including phenoxy) is 1. The van der Waals surface area contributed by atoms with Gasteiger partial charge in [0.1, 0.15) is 5.82 Å². The fraction of sp³-hybridized carbons (Fsp3) is 0.400. The van der Waals surface area contributed by atoms with Gasteiger partial charge in [-0.15, -0.1) is 0 Å². The average Bonchev–Trinajstić information content (AvgIpc) is 3.54. The van der Waals surface area contributed by atoms with Crippen LogP contribution < -0.4 is 0 Å². The Balaban J connectivity index is 1.52. The number of carbonyl (C=O) groups excluding carboxylic acids is 2. The SMILES string of the molecule is CC(=O)N1CCC(C(=O)N2CC[C@](c3ccc(C(OCc4ccccc4C#N)(C(F)(F)F)C(F)(F)F)cc3)(S(=O)c3ccc(F)cc3)C2)CC1. The van der Waals surface area contributed by atoms with E-state index in [0.29, 0.717) is 38.1 Å². The summed E-state index contributed by atoms with van der Waals surface area (Å²) in [5, 5.41) is 9.31. The summed E-state index contributed by atoms with van der Waals surface area (Å²) in [6.45, 7) is 0.909. The Bertz CT molecular complexity index is 1770. The molecule has 0 N–H and O–H groups in total. The molecule has 7 nitrogen and oxygen atoms in total. The fourth-order valence-corrected chi connectivity index (χ4v) is 8.37. The van der Waals surface area contributed by atoms with Crippen LogP contribution in [0.3, 0.4) is 0 Å². The normalized spacial score (nSPS) is 19.7. The van der Waals surface area contributed by atoms with Gasteiger partial charge in [-0.3, -0.25) is 13.8 Å². The average molecular weight is 724 g/mol. The number of nitrogens with zero attached hydrogens (tertiary/aromatic N) is 3. The number of halogens is 7. The molecule has 0 radical (unpaired) electrons. The molecule has 0 aliphatic carbocycles. The first kappa shape index (κ1) is 37.0. The van der Waals surface area contributed by atoms with Crippen molar-refractivity contribution in [2.24, 2.45) is 5.92 Å². The highest BCUT2D eigenvalue weighted by Crippen LogP contribution is 2.54. The lowest BCUT2D eigenvalue weighted by atomic mass is 9.88. The van der Waals surface area contributed by atoms with Crippen molar-refractivity contribution in [1.82, 2.24) is 9.80 Å². The summed E-state index contributed by atoms with van der Waals surface area (Å²) in [4.78, 5) is 28.6. The van der Waals surface area contributed by atoms with Crippen LogP contribution in [0, 0.1) is 23.1 Å². The summed E-state index contributed by atoms with van der Waals surface area (Å²) < 4.78 is 119. The molecule has 2 fully saturated rings. The van der Waals surface area contributed by atoms with Gasteiger partial charge in [-0.1, -0.05) is 42.5 Å². The van der Waals surface area contributed by atoms with Gasteiger partial charge in [0.15, 0.2) is 0 Å². The van der Waals surface area contributed by atoms with Crippen LogP contribution in [0.5, 0.6) is 0 Å². The minimum Gasteiger partial charge on any atom is -0.349 e. The second kappa shape index (κ2) is 14.1. The predicted octanol–water partition coefficient (Wildman–Crippen LogP) is 6.73. The number of hydrogen-bond donors (Lipinski definition) is 0. The van der Waals surface area contributed by atoms with Gasteiger partial charge in [0, 0.05) is 49.5 Å². The first-order valence-electron chi connectivity index (χ1n) is 15.6. The highest BCUT2D eigenvalue weighted by atomic mass is 32.2. The minimum atomic E-state index is -6.00. The van der Waals surface area contributed by atoms with E-state index in [4.69, 9.17) is 4.74 Å². The molecular weight excluding hydrogens is 691 g/mol. The highest BCUT2D eigenvalue weighted by molar-refractivity contribution is 7.86. The van der Waals surface area contributed by atoms with Crippen molar-refractivity contribution in [1.29, 1.82) is 5.26 Å². The largest absolute Gasteiger partial charge is 0.430 e. The lowest BCUT2D eigenvalue weighted by Gasteiger charge is -2.38. The minimum absolute atomic E-state index is 0.0412. The number of amides is 2. The third-order valence-corrected chi connectivity index (χ3v) is 11.4. The van der Waals surface area contributed by atoms with Crippen LogP contribution in [0.2, 0.25) is 0 Å². The van der Waals surface area contributed by atoms with Crippen LogP contribution in [0.15, 0.2) is 77.7 Å². The van der Waals surface area contributed by atoms with Crippen LogP contribution in [0.4, 0.5) is 30.7 Å². The molecule has 5 rings (SSSR count). The summed E-state index contributed by atoms with van der Waals surface area (Å²) in [5.41, 5.74) is -6.31. The molecule has 0 bridgehead atoms. The van der Waals surface area contributed by atoms with Crippen LogP contribution in [-0.4, -0.2) is 64.4 Å². The molecule has 3 aromatic rings. The zero-order valence-corrected chi connectivity index (χ0v) is 27.5. The lowest BCUT2D eigenvalue weighted by Crippen LogP contribution is -2.55. The molecule has 0 spiro atoms. The summed E-state index contributed by atoms with van der Waals surface area (Å²) in [6, 6.07) is 14.9. The van der Waals surface area contributed by atoms with E-state index in [2.05, 4.69) is 0 Å². The van der Waals surface area contributed by atoms with Crippen molar-refractivity contribution in [3.8, 4) is 6.07 Å². The number of benzene rings is 3. The standard InChI is InChI=1S/C35H32F7N3O4S/c1-23(46)44-17-14-24(15-18-44)31(47)45-19-16-32(22-45,50(48)30-12-10-29(36)11-13-30)27-6-8-28(9-7-27)33(34(37,38)39,35(40,41)42)49-21-26-5-3-2-4-25(26)20-43/h2-13,24H,14-19,21-22H2,1H3/t32-,50?/m0/s1. The molecule has 266 valence electrons. The predicted molar refractivity (Wildman–Crippen MR) is 167 cm³/mol. The molecule has 3 aromatic carbocycles. The van der Waals surface area contributed by atoms with Crippen molar-refractivity contribution in [3.63, 3.8) is 0 Å². The van der Waals surface area contributed by atoms with Crippen LogP contribution in [0.25, 0.3) is 0 Å². The molecule has 2 atom stereocenters. The molecular formula is C35H32F7N3O4S. The van der Waals surface area contributed by atoms with E-state index in [-0.39, 0.29) is 52.9 Å².